The number of pyridine rings is 1. The molecule has 3 aromatic rings. The van der Waals surface area contributed by atoms with Gasteiger partial charge in [0.1, 0.15) is 11.3 Å². The number of benzene rings is 2. The Morgan fingerprint density at radius 1 is 1.10 bits per heavy atom. The van der Waals surface area contributed by atoms with E-state index >= 15 is 0 Å². The quantitative estimate of drug-likeness (QED) is 0.495. The van der Waals surface area contributed by atoms with Gasteiger partial charge in [0.2, 0.25) is 0 Å². The Bertz CT molecular complexity index is 1140. The number of hydrogen-bond donors (Lipinski definition) is 3. The first-order chi connectivity index (χ1) is 14.8. The predicted molar refractivity (Wildman–Crippen MR) is 114 cm³/mol. The van der Waals surface area contributed by atoms with Crippen molar-refractivity contribution in [3.05, 3.63) is 59.8 Å². The van der Waals surface area contributed by atoms with Gasteiger partial charge in [0.05, 0.1) is 18.3 Å². The van der Waals surface area contributed by atoms with Gasteiger partial charge in [-0.2, -0.15) is 0 Å². The SMILES string of the molecule is CNC(=O)c1ccc2ncc(C(=O)OC(C)C(=O)O)c(Nc3ccc(OC)cc3)c2c1. The van der Waals surface area contributed by atoms with E-state index in [4.69, 9.17) is 14.6 Å². The number of hydrogen-bond acceptors (Lipinski definition) is 7. The van der Waals surface area contributed by atoms with Crippen molar-refractivity contribution in [2.45, 2.75) is 13.0 Å². The van der Waals surface area contributed by atoms with E-state index < -0.39 is 18.0 Å². The molecule has 1 amide bonds. The molecule has 31 heavy (non-hydrogen) atoms. The molecule has 0 saturated carbocycles. The molecule has 3 N–H and O–H groups in total. The average Bonchev–Trinajstić information content (AvgIpc) is 2.78. The lowest BCUT2D eigenvalue weighted by molar-refractivity contribution is -0.146. The maximum Gasteiger partial charge on any atom is 0.344 e. The molecular formula is C22H21N3O6. The summed E-state index contributed by atoms with van der Waals surface area (Å²) in [7, 11) is 3.07. The van der Waals surface area contributed by atoms with Gasteiger partial charge in [-0.3, -0.25) is 9.78 Å². The third-order valence-corrected chi connectivity index (χ3v) is 4.57. The largest absolute Gasteiger partial charge is 0.497 e. The van der Waals surface area contributed by atoms with Crippen molar-refractivity contribution < 1.29 is 29.0 Å². The van der Waals surface area contributed by atoms with E-state index in [1.807, 2.05) is 0 Å². The molecule has 0 radical (unpaired) electrons. The van der Waals surface area contributed by atoms with Crippen molar-refractivity contribution in [1.82, 2.24) is 10.3 Å². The lowest BCUT2D eigenvalue weighted by Gasteiger charge is -2.16. The second kappa shape index (κ2) is 9.12. The number of aliphatic carboxylic acids is 1. The summed E-state index contributed by atoms with van der Waals surface area (Å²) >= 11 is 0. The monoisotopic (exact) mass is 423 g/mol. The number of nitrogens with zero attached hydrogens (tertiary/aromatic N) is 1. The van der Waals surface area contributed by atoms with Gasteiger partial charge >= 0.3 is 11.9 Å². The maximum absolute atomic E-state index is 12.7. The lowest BCUT2D eigenvalue weighted by Crippen LogP contribution is -2.24. The van der Waals surface area contributed by atoms with E-state index in [1.54, 1.807) is 49.6 Å². The van der Waals surface area contributed by atoms with Crippen molar-refractivity contribution >= 4 is 40.1 Å². The van der Waals surface area contributed by atoms with Gasteiger partial charge in [-0.15, -0.1) is 0 Å². The topological polar surface area (TPSA) is 127 Å². The number of anilines is 2. The molecule has 1 heterocycles. The highest BCUT2D eigenvalue weighted by atomic mass is 16.6. The van der Waals surface area contributed by atoms with Crippen molar-refractivity contribution in [2.24, 2.45) is 0 Å². The molecule has 0 bridgehead atoms. The van der Waals surface area contributed by atoms with Crippen LogP contribution >= 0.6 is 0 Å². The fourth-order valence-electron chi connectivity index (χ4n) is 2.86. The standard InChI is InChI=1S/C22H21N3O6/c1-12(21(27)28)31-22(29)17-11-24-18-9-4-13(20(26)23-2)10-16(18)19(17)25-14-5-7-15(30-3)8-6-14/h4-12H,1-3H3,(H,23,26)(H,24,25)(H,27,28). The summed E-state index contributed by atoms with van der Waals surface area (Å²) in [5.41, 5.74) is 1.92. The minimum absolute atomic E-state index is 0.0328. The summed E-state index contributed by atoms with van der Waals surface area (Å²) in [4.78, 5) is 40.2. The number of aromatic nitrogens is 1. The first-order valence-electron chi connectivity index (χ1n) is 9.33. The van der Waals surface area contributed by atoms with Crippen LogP contribution in [0.3, 0.4) is 0 Å². The van der Waals surface area contributed by atoms with Gasteiger partial charge in [-0.1, -0.05) is 0 Å². The van der Waals surface area contributed by atoms with E-state index in [0.29, 0.717) is 33.6 Å². The van der Waals surface area contributed by atoms with Crippen LogP contribution in [0, 0.1) is 0 Å². The maximum atomic E-state index is 12.7. The minimum atomic E-state index is -1.34. The van der Waals surface area contributed by atoms with Gasteiger partial charge in [0.25, 0.3) is 5.91 Å². The molecule has 1 unspecified atom stereocenters. The van der Waals surface area contributed by atoms with E-state index in [9.17, 15) is 14.4 Å². The number of methoxy groups -OCH3 is 1. The second-order valence-corrected chi connectivity index (χ2v) is 6.60. The van der Waals surface area contributed by atoms with E-state index in [0.717, 1.165) is 0 Å². The molecule has 160 valence electrons. The van der Waals surface area contributed by atoms with Crippen LogP contribution < -0.4 is 15.4 Å². The van der Waals surface area contributed by atoms with Crippen LogP contribution in [0.15, 0.2) is 48.7 Å². The van der Waals surface area contributed by atoms with Crippen molar-refractivity contribution in [3.8, 4) is 5.75 Å². The van der Waals surface area contributed by atoms with E-state index in [-0.39, 0.29) is 11.5 Å². The number of amides is 1. The predicted octanol–water partition coefficient (Wildman–Crippen LogP) is 2.98. The van der Waals surface area contributed by atoms with Crippen LogP contribution in [-0.2, 0) is 9.53 Å². The van der Waals surface area contributed by atoms with Crippen molar-refractivity contribution in [2.75, 3.05) is 19.5 Å². The number of ether oxygens (including phenoxy) is 2. The Balaban J connectivity index is 2.14. The smallest absolute Gasteiger partial charge is 0.344 e. The Morgan fingerprint density at radius 3 is 2.42 bits per heavy atom. The zero-order valence-corrected chi connectivity index (χ0v) is 17.1. The van der Waals surface area contributed by atoms with Crippen LogP contribution in [0.5, 0.6) is 5.75 Å². The average molecular weight is 423 g/mol. The number of fused-ring (bicyclic) bond motifs is 1. The first-order valence-corrected chi connectivity index (χ1v) is 9.33. The highest BCUT2D eigenvalue weighted by Gasteiger charge is 2.23. The van der Waals surface area contributed by atoms with Crippen LogP contribution in [0.25, 0.3) is 10.9 Å². The Labute approximate surface area is 178 Å². The second-order valence-electron chi connectivity index (χ2n) is 6.60. The van der Waals surface area contributed by atoms with Gasteiger partial charge in [-0.25, -0.2) is 9.59 Å². The number of carbonyl (C=O) groups excluding carboxylic acids is 2. The number of rotatable bonds is 7. The summed E-state index contributed by atoms with van der Waals surface area (Å²) in [6.07, 6.45) is -0.0285. The molecule has 3 rings (SSSR count). The van der Waals surface area contributed by atoms with Crippen molar-refractivity contribution in [1.29, 1.82) is 0 Å². The van der Waals surface area contributed by atoms with Gasteiger partial charge < -0.3 is 25.2 Å². The van der Waals surface area contributed by atoms with Gasteiger partial charge in [0.15, 0.2) is 6.10 Å². The van der Waals surface area contributed by atoms with E-state index in [2.05, 4.69) is 15.6 Å². The zero-order chi connectivity index (χ0) is 22.5. The number of carboxylic acid groups (broad SMARTS) is 1. The molecule has 0 saturated heterocycles. The van der Waals surface area contributed by atoms with Gasteiger partial charge in [-0.05, 0) is 49.4 Å². The first kappa shape index (κ1) is 21.6. The molecule has 0 aliphatic carbocycles. The lowest BCUT2D eigenvalue weighted by atomic mass is 10.1. The van der Waals surface area contributed by atoms with Gasteiger partial charge in [0, 0.05) is 29.9 Å². The highest BCUT2D eigenvalue weighted by Crippen LogP contribution is 2.31. The number of nitrogens with one attached hydrogen (secondary N) is 2. The Hall–Kier alpha value is -4.14. The van der Waals surface area contributed by atoms with Crippen LogP contribution in [0.4, 0.5) is 11.4 Å². The zero-order valence-electron chi connectivity index (χ0n) is 17.1. The summed E-state index contributed by atoms with van der Waals surface area (Å²) in [5.74, 6) is -1.77. The summed E-state index contributed by atoms with van der Waals surface area (Å²) in [6, 6.07) is 11.9. The third-order valence-electron chi connectivity index (χ3n) is 4.57. The molecule has 9 heteroatoms. The number of carboxylic acids is 1. The fraction of sp³-hybridized carbons (Fsp3) is 0.182. The summed E-state index contributed by atoms with van der Waals surface area (Å²) in [6.45, 7) is 1.26. The minimum Gasteiger partial charge on any atom is -0.497 e. The molecule has 9 nitrogen and oxygen atoms in total. The molecule has 0 fully saturated rings. The molecule has 1 atom stereocenters. The normalized spacial score (nSPS) is 11.5. The molecule has 2 aromatic carbocycles. The summed E-state index contributed by atoms with van der Waals surface area (Å²) in [5, 5.41) is 15.3. The van der Waals surface area contributed by atoms with E-state index in [1.165, 1.54) is 20.2 Å². The highest BCUT2D eigenvalue weighted by molar-refractivity contribution is 6.08. The third kappa shape index (κ3) is 4.72. The number of esters is 1. The molecular weight excluding hydrogens is 402 g/mol. The molecule has 0 spiro atoms. The Morgan fingerprint density at radius 2 is 1.81 bits per heavy atom. The van der Waals surface area contributed by atoms with Crippen molar-refractivity contribution in [3.63, 3.8) is 0 Å². The van der Waals surface area contributed by atoms with Crippen LogP contribution in [0.2, 0.25) is 0 Å². The summed E-state index contributed by atoms with van der Waals surface area (Å²) < 4.78 is 10.2. The van der Waals surface area contributed by atoms with Crippen LogP contribution in [-0.4, -0.2) is 48.2 Å². The van der Waals surface area contributed by atoms with Crippen LogP contribution in [0.1, 0.15) is 27.6 Å². The molecule has 1 aromatic heterocycles. The Kier molecular flexibility index (Phi) is 6.35. The molecule has 0 aliphatic heterocycles. The molecule has 0 aliphatic rings. The number of carbonyl (C=O) groups is 3. The fourth-order valence-corrected chi connectivity index (χ4v) is 2.86.